The second-order valence-electron chi connectivity index (χ2n) is 5.17. The molecule has 1 aliphatic carbocycles. The summed E-state index contributed by atoms with van der Waals surface area (Å²) in [6.45, 7) is 0.760. The van der Waals surface area contributed by atoms with Crippen LogP contribution < -0.4 is 10.1 Å². The summed E-state index contributed by atoms with van der Waals surface area (Å²) in [4.78, 5) is 4.23. The number of nitrogens with one attached hydrogen (secondary N) is 1. The number of methoxy groups -OCH3 is 1. The Labute approximate surface area is 119 Å². The molecular formula is C15H20N4O. The van der Waals surface area contributed by atoms with Crippen molar-refractivity contribution < 1.29 is 4.74 Å². The molecule has 0 saturated heterocycles. The van der Waals surface area contributed by atoms with Gasteiger partial charge < -0.3 is 10.1 Å². The van der Waals surface area contributed by atoms with E-state index in [1.807, 2.05) is 30.1 Å². The van der Waals surface area contributed by atoms with E-state index in [0.717, 1.165) is 24.9 Å². The van der Waals surface area contributed by atoms with E-state index in [2.05, 4.69) is 15.4 Å². The monoisotopic (exact) mass is 272 g/mol. The number of fused-ring (bicyclic) bond motifs is 1. The summed E-state index contributed by atoms with van der Waals surface area (Å²) >= 11 is 0. The highest BCUT2D eigenvalue weighted by Gasteiger charge is 2.23. The third-order valence-corrected chi connectivity index (χ3v) is 3.96. The van der Waals surface area contributed by atoms with E-state index < -0.39 is 0 Å². The van der Waals surface area contributed by atoms with Crippen LogP contribution in [-0.2, 0) is 20.0 Å². The molecule has 1 aliphatic rings. The molecule has 0 spiro atoms. The van der Waals surface area contributed by atoms with Crippen molar-refractivity contribution in [2.45, 2.75) is 31.8 Å². The van der Waals surface area contributed by atoms with Crippen LogP contribution in [0.3, 0.4) is 0 Å². The van der Waals surface area contributed by atoms with Crippen LogP contribution in [-0.4, -0.2) is 21.9 Å². The van der Waals surface area contributed by atoms with Crippen molar-refractivity contribution in [3.8, 4) is 5.88 Å². The topological polar surface area (TPSA) is 52.0 Å². The molecule has 0 amide bonds. The van der Waals surface area contributed by atoms with Crippen LogP contribution in [0.25, 0.3) is 0 Å². The van der Waals surface area contributed by atoms with Gasteiger partial charge in [0.15, 0.2) is 0 Å². The molecular weight excluding hydrogens is 252 g/mol. The number of hydrogen-bond acceptors (Lipinski definition) is 4. The highest BCUT2D eigenvalue weighted by Crippen LogP contribution is 2.29. The van der Waals surface area contributed by atoms with Crippen LogP contribution in [0, 0.1) is 0 Å². The summed E-state index contributed by atoms with van der Waals surface area (Å²) in [6.07, 6.45) is 7.23. The summed E-state index contributed by atoms with van der Waals surface area (Å²) in [5.41, 5.74) is 3.78. The lowest BCUT2D eigenvalue weighted by Gasteiger charge is -2.24. The lowest BCUT2D eigenvalue weighted by molar-refractivity contribution is 0.385. The number of pyridine rings is 1. The fourth-order valence-electron chi connectivity index (χ4n) is 2.89. The zero-order valence-electron chi connectivity index (χ0n) is 12.0. The Morgan fingerprint density at radius 2 is 2.40 bits per heavy atom. The minimum absolute atomic E-state index is 0.373. The quantitative estimate of drug-likeness (QED) is 0.925. The van der Waals surface area contributed by atoms with Crippen LogP contribution in [0.2, 0.25) is 0 Å². The Balaban J connectivity index is 1.73. The number of aromatic nitrogens is 3. The van der Waals surface area contributed by atoms with Crippen LogP contribution in [0.15, 0.2) is 24.5 Å². The summed E-state index contributed by atoms with van der Waals surface area (Å²) < 4.78 is 7.29. The summed E-state index contributed by atoms with van der Waals surface area (Å²) in [7, 11) is 3.68. The first-order chi connectivity index (χ1) is 9.79. The van der Waals surface area contributed by atoms with Gasteiger partial charge in [-0.3, -0.25) is 4.68 Å². The summed E-state index contributed by atoms with van der Waals surface area (Å²) in [5, 5.41) is 7.99. The molecule has 1 atom stereocenters. The van der Waals surface area contributed by atoms with Gasteiger partial charge in [0, 0.05) is 42.7 Å². The SMILES string of the molecule is COc1ncccc1CNC1CCCc2c1cnn2C. The van der Waals surface area contributed by atoms with Crippen LogP contribution >= 0.6 is 0 Å². The smallest absolute Gasteiger partial charge is 0.217 e. The van der Waals surface area contributed by atoms with E-state index in [4.69, 9.17) is 4.74 Å². The van der Waals surface area contributed by atoms with Gasteiger partial charge >= 0.3 is 0 Å². The minimum atomic E-state index is 0.373. The van der Waals surface area contributed by atoms with Gasteiger partial charge in [-0.25, -0.2) is 4.98 Å². The second kappa shape index (κ2) is 5.63. The first-order valence-electron chi connectivity index (χ1n) is 7.01. The van der Waals surface area contributed by atoms with Crippen molar-refractivity contribution in [2.75, 3.05) is 7.11 Å². The Kier molecular flexibility index (Phi) is 3.69. The number of hydrogen-bond donors (Lipinski definition) is 1. The van der Waals surface area contributed by atoms with Gasteiger partial charge in [0.25, 0.3) is 0 Å². The van der Waals surface area contributed by atoms with Crippen molar-refractivity contribution in [3.05, 3.63) is 41.3 Å². The van der Waals surface area contributed by atoms with Crippen molar-refractivity contribution >= 4 is 0 Å². The number of rotatable bonds is 4. The third kappa shape index (κ3) is 2.41. The molecule has 2 aromatic rings. The molecule has 0 bridgehead atoms. The molecule has 106 valence electrons. The maximum atomic E-state index is 5.29. The highest BCUT2D eigenvalue weighted by molar-refractivity contribution is 5.27. The highest BCUT2D eigenvalue weighted by atomic mass is 16.5. The predicted molar refractivity (Wildman–Crippen MR) is 76.5 cm³/mol. The number of ether oxygens (including phenoxy) is 1. The standard InChI is InChI=1S/C15H20N4O/c1-19-14-7-3-6-13(12(14)10-18-19)17-9-11-5-4-8-16-15(11)20-2/h4-5,8,10,13,17H,3,6-7,9H2,1-2H3. The van der Waals surface area contributed by atoms with E-state index >= 15 is 0 Å². The van der Waals surface area contributed by atoms with Crippen LogP contribution in [0.4, 0.5) is 0 Å². The average molecular weight is 272 g/mol. The Morgan fingerprint density at radius 1 is 1.50 bits per heavy atom. The molecule has 0 aliphatic heterocycles. The molecule has 5 nitrogen and oxygen atoms in total. The van der Waals surface area contributed by atoms with Gasteiger partial charge in [-0.05, 0) is 25.3 Å². The number of nitrogens with zero attached hydrogens (tertiary/aromatic N) is 3. The lowest BCUT2D eigenvalue weighted by Crippen LogP contribution is -2.25. The van der Waals surface area contributed by atoms with Gasteiger partial charge in [-0.1, -0.05) is 6.07 Å². The van der Waals surface area contributed by atoms with E-state index in [0.29, 0.717) is 11.9 Å². The summed E-state index contributed by atoms with van der Waals surface area (Å²) in [5.74, 6) is 0.696. The van der Waals surface area contributed by atoms with E-state index in [-0.39, 0.29) is 0 Å². The fraction of sp³-hybridized carbons (Fsp3) is 0.467. The normalized spacial score (nSPS) is 17.8. The van der Waals surface area contributed by atoms with Crippen molar-refractivity contribution in [3.63, 3.8) is 0 Å². The van der Waals surface area contributed by atoms with Gasteiger partial charge in [-0.2, -0.15) is 5.10 Å². The largest absolute Gasteiger partial charge is 0.481 e. The van der Waals surface area contributed by atoms with E-state index in [9.17, 15) is 0 Å². The van der Waals surface area contributed by atoms with Gasteiger partial charge in [0.05, 0.1) is 13.3 Å². The molecule has 2 aromatic heterocycles. The van der Waals surface area contributed by atoms with E-state index in [1.165, 1.54) is 17.7 Å². The molecule has 3 rings (SSSR count). The first-order valence-corrected chi connectivity index (χ1v) is 7.01. The number of aryl methyl sites for hydroxylation is 1. The van der Waals surface area contributed by atoms with Crippen LogP contribution in [0.1, 0.15) is 35.7 Å². The maximum absolute atomic E-state index is 5.29. The molecule has 20 heavy (non-hydrogen) atoms. The van der Waals surface area contributed by atoms with Crippen molar-refractivity contribution in [1.29, 1.82) is 0 Å². The molecule has 0 aromatic carbocycles. The first kappa shape index (κ1) is 13.1. The molecule has 0 fully saturated rings. The molecule has 5 heteroatoms. The van der Waals surface area contributed by atoms with Gasteiger partial charge in [-0.15, -0.1) is 0 Å². The van der Waals surface area contributed by atoms with Crippen molar-refractivity contribution in [1.82, 2.24) is 20.1 Å². The van der Waals surface area contributed by atoms with Gasteiger partial charge in [0.2, 0.25) is 5.88 Å². The average Bonchev–Trinajstić information content (AvgIpc) is 2.88. The fourth-order valence-corrected chi connectivity index (χ4v) is 2.89. The molecule has 0 radical (unpaired) electrons. The third-order valence-electron chi connectivity index (χ3n) is 3.96. The molecule has 2 heterocycles. The minimum Gasteiger partial charge on any atom is -0.481 e. The molecule has 1 unspecified atom stereocenters. The lowest BCUT2D eigenvalue weighted by atomic mass is 9.93. The van der Waals surface area contributed by atoms with E-state index in [1.54, 1.807) is 13.3 Å². The zero-order chi connectivity index (χ0) is 13.9. The van der Waals surface area contributed by atoms with Crippen molar-refractivity contribution in [2.24, 2.45) is 7.05 Å². The Morgan fingerprint density at radius 3 is 3.25 bits per heavy atom. The molecule has 0 saturated carbocycles. The maximum Gasteiger partial charge on any atom is 0.217 e. The zero-order valence-corrected chi connectivity index (χ0v) is 12.0. The Bertz CT molecular complexity index is 593. The summed E-state index contributed by atoms with van der Waals surface area (Å²) in [6, 6.07) is 4.36. The second-order valence-corrected chi connectivity index (χ2v) is 5.17. The molecule has 1 N–H and O–H groups in total. The van der Waals surface area contributed by atoms with Crippen LogP contribution in [0.5, 0.6) is 5.88 Å². The van der Waals surface area contributed by atoms with Gasteiger partial charge in [0.1, 0.15) is 0 Å². The Hall–Kier alpha value is -1.88. The predicted octanol–water partition coefficient (Wildman–Crippen LogP) is 1.99.